The topological polar surface area (TPSA) is 71.1 Å². The number of hydrogen-bond donors (Lipinski definition) is 0. The van der Waals surface area contributed by atoms with E-state index in [4.69, 9.17) is 0 Å². The summed E-state index contributed by atoms with van der Waals surface area (Å²) in [6.45, 7) is 0. The van der Waals surface area contributed by atoms with E-state index in [1.54, 1.807) is 0 Å². The van der Waals surface area contributed by atoms with Crippen molar-refractivity contribution in [2.75, 3.05) is 0 Å². The smallest absolute Gasteiger partial charge is 0.164 e. The Morgan fingerprint density at radius 3 is 1.50 bits per heavy atom. The molecule has 1 saturated heterocycles. The second-order valence-corrected chi connectivity index (χ2v) is 1.77. The quantitative estimate of drug-likeness (QED) is 0.315. The fourth-order valence-corrected chi connectivity index (χ4v) is 0.306. The Kier molecular flexibility index (Phi) is 3.39. The second-order valence-electron chi connectivity index (χ2n) is 0.680. The molecule has 0 N–H and O–H groups in total. The minimum absolute atomic E-state index is 0. The molecule has 1 radical (unpaired) electrons. The Bertz CT molecular complexity index is 132. The van der Waals surface area contributed by atoms with Gasteiger partial charge in [0, 0.05) is 29.6 Å². The second kappa shape index (κ2) is 3.08. The van der Waals surface area contributed by atoms with Gasteiger partial charge in [0.05, 0.1) is 0 Å². The first kappa shape index (κ1) is 8.79. The van der Waals surface area contributed by atoms with E-state index in [-0.39, 0.29) is 29.6 Å². The van der Waals surface area contributed by atoms with Crippen molar-refractivity contribution in [3.63, 3.8) is 0 Å². The molecule has 0 spiro atoms. The molecule has 0 saturated carbocycles. The van der Waals surface area contributed by atoms with Gasteiger partial charge in [0.25, 0.3) is 0 Å². The fraction of sp³-hybridized carbons (Fsp3) is 0. The van der Waals surface area contributed by atoms with Crippen LogP contribution in [0, 0.1) is 0 Å². The van der Waals surface area contributed by atoms with E-state index in [9.17, 15) is 8.42 Å². The summed E-state index contributed by atoms with van der Waals surface area (Å²) in [5.74, 6) is 0. The molecule has 0 unspecified atom stereocenters. The maximum absolute atomic E-state index is 9.74. The van der Waals surface area contributed by atoms with E-state index in [0.717, 1.165) is 0 Å². The van der Waals surface area contributed by atoms with Crippen LogP contribution in [0.4, 0.5) is 0 Å². The molecule has 0 amide bonds. The van der Waals surface area contributed by atoms with Crippen molar-refractivity contribution in [2.45, 2.75) is 0 Å². The van der Waals surface area contributed by atoms with Gasteiger partial charge >= 0.3 is 10.4 Å². The van der Waals surface area contributed by atoms with Crippen molar-refractivity contribution < 1.29 is 27.2 Å². The summed E-state index contributed by atoms with van der Waals surface area (Å²) in [4.78, 5) is 0. The number of hydrogen-bond acceptors (Lipinski definition) is 6. The van der Waals surface area contributed by atoms with Crippen LogP contribution in [0.2, 0.25) is 0 Å². The van der Waals surface area contributed by atoms with Crippen molar-refractivity contribution in [1.29, 1.82) is 0 Å². The summed E-state index contributed by atoms with van der Waals surface area (Å²) in [5, 5.41) is 6.70. The third-order valence-corrected chi connectivity index (χ3v) is 0.694. The molecule has 6 nitrogen and oxygen atoms in total. The molecule has 0 atom stereocenters. The predicted molar refractivity (Wildman–Crippen MR) is 19.0 cm³/mol. The zero-order valence-electron chi connectivity index (χ0n) is 3.86. The largest absolute Gasteiger partial charge is 0.457 e. The molecule has 0 aromatic rings. The molecular weight excluding hydrogens is 151 g/mol. The molecule has 8 heavy (non-hydrogen) atoms. The van der Waals surface area contributed by atoms with E-state index >= 15 is 0 Å². The summed E-state index contributed by atoms with van der Waals surface area (Å²) in [6.07, 6.45) is 0. The van der Waals surface area contributed by atoms with Crippen molar-refractivity contribution in [3.8, 4) is 0 Å². The van der Waals surface area contributed by atoms with Gasteiger partial charge in [-0.3, -0.25) is 0 Å². The first-order valence-electron chi connectivity index (χ1n) is 1.17. The van der Waals surface area contributed by atoms with Gasteiger partial charge in [0.1, 0.15) is 0 Å². The van der Waals surface area contributed by atoms with Gasteiger partial charge in [-0.15, -0.1) is 0 Å². The maximum Gasteiger partial charge on any atom is 0.457 e. The van der Waals surface area contributed by atoms with Crippen LogP contribution in [0.25, 0.3) is 0 Å². The molecule has 8 heteroatoms. The molecule has 1 heterocycles. The van der Waals surface area contributed by atoms with Crippen molar-refractivity contribution in [3.05, 3.63) is 0 Å². The van der Waals surface area contributed by atoms with Crippen LogP contribution in [0.15, 0.2) is 0 Å². The Morgan fingerprint density at radius 1 is 1.00 bits per heavy atom. The van der Waals surface area contributed by atoms with E-state index in [0.29, 0.717) is 0 Å². The van der Waals surface area contributed by atoms with Crippen LogP contribution in [0.5, 0.6) is 0 Å². The van der Waals surface area contributed by atoms with E-state index in [1.165, 1.54) is 0 Å². The van der Waals surface area contributed by atoms with Gasteiger partial charge in [0.2, 0.25) is 0 Å². The zero-order chi connectivity index (χ0) is 5.33. The number of rotatable bonds is 0. The molecular formula is NaO6S. The van der Waals surface area contributed by atoms with Gasteiger partial charge < -0.3 is 0 Å². The van der Waals surface area contributed by atoms with Crippen LogP contribution in [0.1, 0.15) is 0 Å². The molecule has 1 aliphatic rings. The molecule has 0 aromatic carbocycles. The maximum atomic E-state index is 9.74. The predicted octanol–water partition coefficient (Wildman–Crippen LogP) is -1.32. The zero-order valence-corrected chi connectivity index (χ0v) is 6.67. The van der Waals surface area contributed by atoms with Gasteiger partial charge in [-0.25, -0.2) is 0 Å². The Balaban J connectivity index is 0.000000490. The standard InChI is InChI=1S/Na.O6S/c;1-7(2)5-3-4-6-7. The fourth-order valence-electron chi connectivity index (χ4n) is 0.102. The Hall–Kier alpha value is 0.790. The molecule has 1 rings (SSSR count). The summed E-state index contributed by atoms with van der Waals surface area (Å²) in [7, 11) is -3.99. The first-order valence-corrected chi connectivity index (χ1v) is 2.50. The summed E-state index contributed by atoms with van der Waals surface area (Å²) >= 11 is 0. The third-order valence-electron chi connectivity index (χ3n) is 0.250. The van der Waals surface area contributed by atoms with Gasteiger partial charge in [0.15, 0.2) is 0 Å². The average molecular weight is 151 g/mol. The summed E-state index contributed by atoms with van der Waals surface area (Å²) in [5.41, 5.74) is 0. The Morgan fingerprint density at radius 2 is 1.38 bits per heavy atom. The molecule has 0 aliphatic carbocycles. The SMILES string of the molecule is O=S1(=O)OOOO1.[Na]. The summed E-state index contributed by atoms with van der Waals surface area (Å²) < 4.78 is 26.2. The van der Waals surface area contributed by atoms with Gasteiger partial charge in [-0.2, -0.15) is 8.42 Å². The molecule has 43 valence electrons. The Labute approximate surface area is 67.1 Å². The van der Waals surface area contributed by atoms with E-state index in [2.05, 4.69) is 18.7 Å². The minimum atomic E-state index is -3.99. The molecule has 1 fully saturated rings. The first-order chi connectivity index (χ1) is 3.21. The van der Waals surface area contributed by atoms with Crippen molar-refractivity contribution in [2.24, 2.45) is 0 Å². The monoisotopic (exact) mass is 151 g/mol. The minimum Gasteiger partial charge on any atom is -0.164 e. The van der Waals surface area contributed by atoms with Crippen LogP contribution in [-0.4, -0.2) is 38.0 Å². The van der Waals surface area contributed by atoms with Crippen LogP contribution >= 0.6 is 0 Å². The molecule has 0 aromatic heterocycles. The van der Waals surface area contributed by atoms with Crippen molar-refractivity contribution >= 4 is 40.0 Å². The average Bonchev–Trinajstić information content (AvgIpc) is 1.84. The van der Waals surface area contributed by atoms with E-state index in [1.807, 2.05) is 0 Å². The van der Waals surface area contributed by atoms with Gasteiger partial charge in [-0.1, -0.05) is 0 Å². The van der Waals surface area contributed by atoms with Crippen LogP contribution in [-0.2, 0) is 29.1 Å². The summed E-state index contributed by atoms with van der Waals surface area (Å²) in [6, 6.07) is 0. The van der Waals surface area contributed by atoms with Crippen molar-refractivity contribution in [1.82, 2.24) is 0 Å². The molecule has 1 aliphatic heterocycles. The van der Waals surface area contributed by atoms with Gasteiger partial charge in [-0.05, 0) is 18.7 Å². The van der Waals surface area contributed by atoms with Crippen LogP contribution < -0.4 is 0 Å². The van der Waals surface area contributed by atoms with Crippen LogP contribution in [0.3, 0.4) is 0 Å². The third kappa shape index (κ3) is 2.37. The van der Waals surface area contributed by atoms with E-state index < -0.39 is 10.4 Å². The molecule has 0 bridgehead atoms. The normalized spacial score (nSPS) is 24.5.